The number of carbonyl (C=O) groups is 2. The van der Waals surface area contributed by atoms with Crippen LogP contribution in [-0.4, -0.2) is 32.8 Å². The summed E-state index contributed by atoms with van der Waals surface area (Å²) >= 11 is 0. The molecule has 0 aromatic heterocycles. The van der Waals surface area contributed by atoms with Gasteiger partial charge < -0.3 is 15.5 Å². The third kappa shape index (κ3) is 5.64. The zero-order chi connectivity index (χ0) is 14.6. The van der Waals surface area contributed by atoms with Crippen molar-refractivity contribution < 1.29 is 14.0 Å². The molecule has 0 rings (SSSR count). The Morgan fingerprint density at radius 1 is 1.33 bits per heavy atom. The van der Waals surface area contributed by atoms with Gasteiger partial charge in [-0.05, 0) is 24.6 Å². The zero-order valence-electron chi connectivity index (χ0n) is 12.3. The average Bonchev–Trinajstić information content (AvgIpc) is 2.13. The maximum atomic E-state index is 11.2. The molecule has 3 N–H and O–H groups in total. The summed E-state index contributed by atoms with van der Waals surface area (Å²) in [6.07, 6.45) is 0.418. The third-order valence-corrected chi connectivity index (χ3v) is 7.93. The molecule has 5 nitrogen and oxygen atoms in total. The van der Waals surface area contributed by atoms with Crippen LogP contribution in [-0.2, 0) is 14.0 Å². The maximum absolute atomic E-state index is 11.2. The van der Waals surface area contributed by atoms with Crippen LogP contribution < -0.4 is 11.1 Å². The molecule has 0 aliphatic rings. The first-order chi connectivity index (χ1) is 7.97. The molecule has 0 fully saturated rings. The van der Waals surface area contributed by atoms with Gasteiger partial charge in [0.25, 0.3) is 0 Å². The highest BCUT2D eigenvalue weighted by atomic mass is 28.4. The van der Waals surface area contributed by atoms with Crippen LogP contribution in [0.4, 0.5) is 0 Å². The van der Waals surface area contributed by atoms with Crippen LogP contribution in [0.2, 0.25) is 18.1 Å². The maximum Gasteiger partial charge on any atom is 0.240 e. The van der Waals surface area contributed by atoms with E-state index < -0.39 is 20.3 Å². The van der Waals surface area contributed by atoms with Crippen molar-refractivity contribution in [2.75, 3.05) is 6.61 Å². The second-order valence-corrected chi connectivity index (χ2v) is 10.9. The highest BCUT2D eigenvalue weighted by Gasteiger charge is 2.37. The Kier molecular flexibility index (Phi) is 6.02. The molecule has 0 aliphatic heterocycles. The van der Waals surface area contributed by atoms with Gasteiger partial charge in [-0.3, -0.25) is 9.59 Å². The standard InChI is InChI=1S/C12H26N2O3Si/c1-9(15)14-10(11(13)16)7-8-17-18(5,6)12(2,3)4/h10H,7-8H2,1-6H3,(H2,13,16)(H,14,15)/t10-/m1/s1. The number of nitrogens with two attached hydrogens (primary N) is 1. The highest BCUT2D eigenvalue weighted by Crippen LogP contribution is 2.36. The largest absolute Gasteiger partial charge is 0.417 e. The van der Waals surface area contributed by atoms with E-state index in [0.717, 1.165) is 0 Å². The van der Waals surface area contributed by atoms with Crippen LogP contribution in [0.3, 0.4) is 0 Å². The van der Waals surface area contributed by atoms with Gasteiger partial charge >= 0.3 is 0 Å². The monoisotopic (exact) mass is 274 g/mol. The van der Waals surface area contributed by atoms with Gasteiger partial charge in [-0.25, -0.2) is 0 Å². The lowest BCUT2D eigenvalue weighted by Crippen LogP contribution is -2.46. The van der Waals surface area contributed by atoms with Crippen molar-refractivity contribution in [2.45, 2.75) is 58.3 Å². The molecular weight excluding hydrogens is 248 g/mol. The first kappa shape index (κ1) is 17.1. The summed E-state index contributed by atoms with van der Waals surface area (Å²) in [5, 5.41) is 2.65. The minimum atomic E-state index is -1.81. The van der Waals surface area contributed by atoms with E-state index in [1.54, 1.807) is 0 Å². The molecule has 106 valence electrons. The Morgan fingerprint density at radius 3 is 2.17 bits per heavy atom. The van der Waals surface area contributed by atoms with E-state index in [4.69, 9.17) is 10.2 Å². The molecule has 18 heavy (non-hydrogen) atoms. The lowest BCUT2D eigenvalue weighted by Gasteiger charge is -2.36. The Labute approximate surface area is 111 Å². The first-order valence-electron chi connectivity index (χ1n) is 6.18. The number of amides is 2. The van der Waals surface area contributed by atoms with E-state index in [9.17, 15) is 9.59 Å². The van der Waals surface area contributed by atoms with Crippen molar-refractivity contribution in [3.8, 4) is 0 Å². The van der Waals surface area contributed by atoms with Gasteiger partial charge in [-0.2, -0.15) is 0 Å². The summed E-state index contributed by atoms with van der Waals surface area (Å²) in [5.74, 6) is -0.782. The number of hydrogen-bond donors (Lipinski definition) is 2. The molecule has 0 aliphatic carbocycles. The average molecular weight is 274 g/mol. The highest BCUT2D eigenvalue weighted by molar-refractivity contribution is 6.74. The summed E-state index contributed by atoms with van der Waals surface area (Å²) in [4.78, 5) is 22.1. The normalized spacial score (nSPS) is 14.1. The summed E-state index contributed by atoms with van der Waals surface area (Å²) in [6, 6.07) is -0.646. The predicted octanol–water partition coefficient (Wildman–Crippen LogP) is 1.39. The van der Waals surface area contributed by atoms with Crippen LogP contribution in [0, 0.1) is 0 Å². The summed E-state index contributed by atoms with van der Waals surface area (Å²) in [6.45, 7) is 12.5. The number of carbonyl (C=O) groups excluding carboxylic acids is 2. The van der Waals surface area contributed by atoms with Crippen molar-refractivity contribution >= 4 is 20.1 Å². The van der Waals surface area contributed by atoms with Gasteiger partial charge in [-0.1, -0.05) is 20.8 Å². The SMILES string of the molecule is CC(=O)N[C@H](CCO[Si](C)(C)C(C)(C)C)C(N)=O. The van der Waals surface area contributed by atoms with Crippen molar-refractivity contribution in [2.24, 2.45) is 5.73 Å². The second-order valence-electron chi connectivity index (χ2n) is 6.05. The van der Waals surface area contributed by atoms with E-state index in [0.29, 0.717) is 13.0 Å². The summed E-state index contributed by atoms with van der Waals surface area (Å²) in [7, 11) is -1.81. The van der Waals surface area contributed by atoms with E-state index in [1.165, 1.54) is 6.92 Å². The quantitative estimate of drug-likeness (QED) is 0.718. The predicted molar refractivity (Wildman–Crippen MR) is 74.6 cm³/mol. The molecule has 0 saturated carbocycles. The van der Waals surface area contributed by atoms with Crippen molar-refractivity contribution in [3.05, 3.63) is 0 Å². The number of primary amides is 1. The zero-order valence-corrected chi connectivity index (χ0v) is 13.3. The molecule has 0 spiro atoms. The van der Waals surface area contributed by atoms with Gasteiger partial charge in [0, 0.05) is 13.5 Å². The number of rotatable bonds is 6. The number of nitrogens with one attached hydrogen (secondary N) is 1. The van der Waals surface area contributed by atoms with Crippen LogP contribution in [0.25, 0.3) is 0 Å². The van der Waals surface area contributed by atoms with E-state index >= 15 is 0 Å². The van der Waals surface area contributed by atoms with Crippen molar-refractivity contribution in [1.82, 2.24) is 5.32 Å². The minimum Gasteiger partial charge on any atom is -0.417 e. The van der Waals surface area contributed by atoms with Gasteiger partial charge in [0.05, 0.1) is 0 Å². The molecule has 1 atom stereocenters. The Morgan fingerprint density at radius 2 is 1.83 bits per heavy atom. The lowest BCUT2D eigenvalue weighted by atomic mass is 10.2. The Balaban J connectivity index is 4.31. The van der Waals surface area contributed by atoms with Gasteiger partial charge in [-0.15, -0.1) is 0 Å². The molecule has 0 radical (unpaired) electrons. The lowest BCUT2D eigenvalue weighted by molar-refractivity contribution is -0.126. The first-order valence-corrected chi connectivity index (χ1v) is 9.08. The fraction of sp³-hybridized carbons (Fsp3) is 0.833. The van der Waals surface area contributed by atoms with Gasteiger partial charge in [0.15, 0.2) is 8.32 Å². The molecule has 6 heteroatoms. The van der Waals surface area contributed by atoms with Crippen LogP contribution >= 0.6 is 0 Å². The molecule has 0 aromatic rings. The fourth-order valence-electron chi connectivity index (χ4n) is 1.18. The number of hydrogen-bond acceptors (Lipinski definition) is 3. The third-order valence-electron chi connectivity index (χ3n) is 3.40. The Hall–Kier alpha value is -0.883. The molecule has 0 heterocycles. The van der Waals surface area contributed by atoms with Gasteiger partial charge in [0.2, 0.25) is 11.8 Å². The van der Waals surface area contributed by atoms with E-state index in [1.807, 2.05) is 0 Å². The van der Waals surface area contributed by atoms with Crippen LogP contribution in [0.5, 0.6) is 0 Å². The summed E-state index contributed by atoms with van der Waals surface area (Å²) < 4.78 is 5.94. The van der Waals surface area contributed by atoms with Crippen LogP contribution in [0.1, 0.15) is 34.1 Å². The summed E-state index contributed by atoms with van der Waals surface area (Å²) in [5.41, 5.74) is 5.22. The molecule has 0 saturated heterocycles. The van der Waals surface area contributed by atoms with Crippen LogP contribution in [0.15, 0.2) is 0 Å². The molecule has 2 amide bonds. The van der Waals surface area contributed by atoms with Gasteiger partial charge in [0.1, 0.15) is 6.04 Å². The molecular formula is C12H26N2O3Si. The Bertz CT molecular complexity index is 311. The minimum absolute atomic E-state index is 0.128. The van der Waals surface area contributed by atoms with E-state index in [2.05, 4.69) is 39.2 Å². The van der Waals surface area contributed by atoms with E-state index in [-0.39, 0.29) is 10.9 Å². The topological polar surface area (TPSA) is 81.4 Å². The van der Waals surface area contributed by atoms with Crippen molar-refractivity contribution in [1.29, 1.82) is 0 Å². The van der Waals surface area contributed by atoms with Crippen molar-refractivity contribution in [3.63, 3.8) is 0 Å². The second kappa shape index (κ2) is 6.33. The molecule has 0 unspecified atom stereocenters. The molecule has 0 bridgehead atoms. The smallest absolute Gasteiger partial charge is 0.240 e. The fourth-order valence-corrected chi connectivity index (χ4v) is 2.24. The molecule has 0 aromatic carbocycles.